The molecule has 0 aliphatic carbocycles. The lowest BCUT2D eigenvalue weighted by molar-refractivity contribution is -0.0640. The molecule has 4 aromatic heterocycles. The van der Waals surface area contributed by atoms with Crippen LogP contribution < -0.4 is 11.5 Å². The summed E-state index contributed by atoms with van der Waals surface area (Å²) >= 11 is 0. The number of hydrogen-bond acceptors (Lipinski definition) is 18. The number of nitrogens with zero attached hydrogens (tertiary/aromatic N) is 8. The van der Waals surface area contributed by atoms with E-state index in [9.17, 15) is 14.2 Å². The highest BCUT2D eigenvalue weighted by Gasteiger charge is 2.54. The Morgan fingerprint density at radius 2 is 1.48 bits per heavy atom. The Bertz CT molecular complexity index is 1860. The third-order valence-corrected chi connectivity index (χ3v) is 11.2. The van der Waals surface area contributed by atoms with Gasteiger partial charge in [0, 0.05) is 13.3 Å². The van der Waals surface area contributed by atoms with Crippen molar-refractivity contribution in [2.75, 3.05) is 38.0 Å². The Hall–Kier alpha value is -3.23. The van der Waals surface area contributed by atoms with Gasteiger partial charge in [-0.05, 0) is 0 Å². The number of ether oxygens (including phenoxy) is 2. The molecule has 7 rings (SSSR count). The average molecular weight is 686 g/mol. The highest BCUT2D eigenvalue weighted by Crippen LogP contribution is 2.57. The van der Waals surface area contributed by atoms with Gasteiger partial charge in [0.05, 0.1) is 25.9 Å². The number of aliphatic hydroxyl groups excluding tert-OH is 1. The molecule has 248 valence electrons. The number of phosphoric ester groups is 1. The van der Waals surface area contributed by atoms with Gasteiger partial charge >= 0.3 is 15.4 Å². The number of alkyl halides is 1. The molecule has 23 heteroatoms. The maximum absolute atomic E-state index is 16.2. The quantitative estimate of drug-likeness (QED) is 0.254. The standard InChI is InChI=1S/C23H29FN10O10P2/c1-3-45(36)39-5-11-16(12(24)22(42-11)33-8-31-13-18(25)27-6-29-20(13)33)44-46(37,38-2)40-4-10-15(35)17(43-45)23(41-10)34-9-32-14-19(26)28-7-30-21(14)34/h6-12,15-17,22-23,35H,3-5H2,1-2H3,(H2,25,27,29)(H2,26,28,30)/t10?,11?,12?,15?,16?,17?,22?,23?,45-,46?/m0/s1. The van der Waals surface area contributed by atoms with E-state index in [0.29, 0.717) is 0 Å². The zero-order valence-electron chi connectivity index (χ0n) is 24.2. The summed E-state index contributed by atoms with van der Waals surface area (Å²) in [6, 6.07) is 0. The second kappa shape index (κ2) is 11.8. The number of hydrogen-bond donors (Lipinski definition) is 3. The molecule has 5 N–H and O–H groups in total. The molecule has 3 aliphatic heterocycles. The van der Waals surface area contributed by atoms with Gasteiger partial charge in [-0.2, -0.15) is 0 Å². The monoisotopic (exact) mass is 686 g/mol. The molecule has 4 aromatic rings. The van der Waals surface area contributed by atoms with Crippen LogP contribution in [0.1, 0.15) is 19.4 Å². The first-order valence-electron chi connectivity index (χ1n) is 13.9. The van der Waals surface area contributed by atoms with Gasteiger partial charge in [0.25, 0.3) is 0 Å². The van der Waals surface area contributed by atoms with Crippen LogP contribution in [0.5, 0.6) is 0 Å². The molecule has 3 saturated heterocycles. The summed E-state index contributed by atoms with van der Waals surface area (Å²) in [4.78, 5) is 24.5. The minimum atomic E-state index is -4.55. The third kappa shape index (κ3) is 5.26. The van der Waals surface area contributed by atoms with Crippen LogP contribution in [0.25, 0.3) is 22.3 Å². The van der Waals surface area contributed by atoms with Crippen molar-refractivity contribution in [3.05, 3.63) is 25.3 Å². The van der Waals surface area contributed by atoms with E-state index in [0.717, 1.165) is 7.11 Å². The first kappa shape index (κ1) is 31.4. The molecule has 9 unspecified atom stereocenters. The second-order valence-electron chi connectivity index (χ2n) is 10.5. The predicted octanol–water partition coefficient (Wildman–Crippen LogP) is 1.11. The highest BCUT2D eigenvalue weighted by atomic mass is 31.2. The molecule has 0 radical (unpaired) electrons. The maximum Gasteiger partial charge on any atom is 0.475 e. The summed E-state index contributed by atoms with van der Waals surface area (Å²) in [5, 5.41) is 11.3. The Balaban J connectivity index is 1.23. The third-order valence-electron chi connectivity index (χ3n) is 7.88. The number of fused-ring (bicyclic) bond motifs is 5. The number of anilines is 2. The number of nitrogens with two attached hydrogens (primary N) is 2. The molecule has 0 saturated carbocycles. The van der Waals surface area contributed by atoms with Gasteiger partial charge in [0.2, 0.25) is 0 Å². The number of aliphatic hydroxyl groups is 1. The largest absolute Gasteiger partial charge is 0.475 e. The fourth-order valence-electron chi connectivity index (χ4n) is 5.49. The number of rotatable bonds is 4. The maximum atomic E-state index is 16.2. The molecule has 0 aromatic carbocycles. The minimum Gasteiger partial charge on any atom is -0.387 e. The number of nitrogen functional groups attached to an aromatic ring is 2. The van der Waals surface area contributed by atoms with Crippen LogP contribution in [-0.4, -0.2) is 107 Å². The van der Waals surface area contributed by atoms with E-state index in [-0.39, 0.29) is 40.1 Å². The molecular formula is C23H29FN10O10P2. The van der Waals surface area contributed by atoms with Gasteiger partial charge in [-0.1, -0.05) is 6.92 Å². The van der Waals surface area contributed by atoms with Gasteiger partial charge < -0.3 is 30.6 Å². The molecule has 3 aliphatic rings. The molecule has 0 amide bonds. The van der Waals surface area contributed by atoms with E-state index in [1.807, 2.05) is 0 Å². The van der Waals surface area contributed by atoms with Crippen molar-refractivity contribution in [1.29, 1.82) is 0 Å². The number of halogens is 1. The van der Waals surface area contributed by atoms with Gasteiger partial charge in [0.15, 0.2) is 41.6 Å². The fourth-order valence-corrected chi connectivity index (χ4v) is 7.99. The number of imidazole rings is 2. The number of phosphoric acid groups is 1. The lowest BCUT2D eigenvalue weighted by atomic mass is 10.1. The summed E-state index contributed by atoms with van der Waals surface area (Å²) < 4.78 is 86.7. The van der Waals surface area contributed by atoms with E-state index in [1.165, 1.54) is 34.4 Å². The number of aromatic nitrogens is 8. The Labute approximate surface area is 258 Å². The zero-order chi connectivity index (χ0) is 32.4. The van der Waals surface area contributed by atoms with Crippen LogP contribution >= 0.6 is 15.4 Å². The van der Waals surface area contributed by atoms with Crippen molar-refractivity contribution in [3.8, 4) is 0 Å². The second-order valence-corrected chi connectivity index (χ2v) is 14.6. The Kier molecular flexibility index (Phi) is 8.03. The molecule has 2 bridgehead atoms. The Morgan fingerprint density at radius 1 is 0.891 bits per heavy atom. The van der Waals surface area contributed by atoms with Gasteiger partial charge in [-0.15, -0.1) is 0 Å². The van der Waals surface area contributed by atoms with Crippen molar-refractivity contribution < 1.29 is 50.7 Å². The van der Waals surface area contributed by atoms with Crippen molar-refractivity contribution >= 4 is 49.4 Å². The summed E-state index contributed by atoms with van der Waals surface area (Å²) in [6.45, 7) is 0.405. The lowest BCUT2D eigenvalue weighted by Crippen LogP contribution is -2.35. The van der Waals surface area contributed by atoms with Crippen LogP contribution in [0.15, 0.2) is 25.3 Å². The minimum absolute atomic E-state index is 0.0644. The average Bonchev–Trinajstić information content (AvgIpc) is 3.81. The SMILES string of the molecule is CC[P@]1(=O)OCC2OC(n3cnc4c(N)ncnc43)C(F)C2OP(=O)(OC)OCC2OC(n3cnc4c(N)ncnc43)C(O1)C2O. The molecule has 3 fully saturated rings. The Morgan fingerprint density at radius 3 is 2.09 bits per heavy atom. The molecule has 10 atom stereocenters. The van der Waals surface area contributed by atoms with Crippen LogP contribution in [0.3, 0.4) is 0 Å². The molecule has 20 nitrogen and oxygen atoms in total. The smallest absolute Gasteiger partial charge is 0.387 e. The summed E-state index contributed by atoms with van der Waals surface area (Å²) in [7, 11) is -7.58. The summed E-state index contributed by atoms with van der Waals surface area (Å²) in [5.74, 6) is 0.160. The predicted molar refractivity (Wildman–Crippen MR) is 153 cm³/mol. The van der Waals surface area contributed by atoms with Crippen molar-refractivity contribution in [3.63, 3.8) is 0 Å². The first-order valence-corrected chi connectivity index (χ1v) is 17.1. The normalized spacial score (nSPS) is 37.1. The van der Waals surface area contributed by atoms with Gasteiger partial charge in [0.1, 0.15) is 54.2 Å². The molecule has 7 heterocycles. The molecular weight excluding hydrogens is 657 g/mol. The van der Waals surface area contributed by atoms with E-state index in [4.69, 9.17) is 43.6 Å². The van der Waals surface area contributed by atoms with Crippen molar-refractivity contribution in [2.45, 2.75) is 56.1 Å². The van der Waals surface area contributed by atoms with Crippen molar-refractivity contribution in [1.82, 2.24) is 39.0 Å². The van der Waals surface area contributed by atoms with Crippen molar-refractivity contribution in [2.24, 2.45) is 0 Å². The highest BCUT2D eigenvalue weighted by molar-refractivity contribution is 7.53. The van der Waals surface area contributed by atoms with Gasteiger partial charge in [-0.25, -0.2) is 38.9 Å². The van der Waals surface area contributed by atoms with Crippen LogP contribution in [-0.2, 0) is 41.2 Å². The van der Waals surface area contributed by atoms with Crippen LogP contribution in [0.2, 0.25) is 0 Å². The summed E-state index contributed by atoms with van der Waals surface area (Å²) in [6.07, 6.45) is -6.84. The summed E-state index contributed by atoms with van der Waals surface area (Å²) in [5.41, 5.74) is 12.7. The van der Waals surface area contributed by atoms with Crippen LogP contribution in [0, 0.1) is 0 Å². The lowest BCUT2D eigenvalue weighted by Gasteiger charge is -2.28. The van der Waals surface area contributed by atoms with E-state index in [1.54, 1.807) is 6.92 Å². The van der Waals surface area contributed by atoms with E-state index in [2.05, 4.69) is 29.9 Å². The topological polar surface area (TPSA) is 258 Å². The van der Waals surface area contributed by atoms with E-state index >= 15 is 4.39 Å². The van der Waals surface area contributed by atoms with Crippen LogP contribution in [0.4, 0.5) is 16.0 Å². The van der Waals surface area contributed by atoms with E-state index < -0.39 is 77.8 Å². The first-order chi connectivity index (χ1) is 22.0. The molecule has 0 spiro atoms. The van der Waals surface area contributed by atoms with Gasteiger partial charge in [-0.3, -0.25) is 31.8 Å². The molecule has 46 heavy (non-hydrogen) atoms. The zero-order valence-corrected chi connectivity index (χ0v) is 26.0. The fraction of sp³-hybridized carbons (Fsp3) is 0.565.